The standard InChI is InChI=1S/C13H23N3O2S/c1-6-18-13(17)11-12(19-8-14-11)15-10(9(2)3)7-16(4)5/h8-10,15H,6-7H2,1-5H3. The first kappa shape index (κ1) is 15.9. The van der Waals surface area contributed by atoms with Gasteiger partial charge >= 0.3 is 5.97 Å². The Hall–Kier alpha value is -1.14. The Morgan fingerprint density at radius 1 is 1.53 bits per heavy atom. The molecule has 0 amide bonds. The van der Waals surface area contributed by atoms with E-state index in [1.807, 2.05) is 14.1 Å². The summed E-state index contributed by atoms with van der Waals surface area (Å²) in [5.41, 5.74) is 2.05. The molecule has 1 rings (SSSR count). The molecule has 0 bridgehead atoms. The van der Waals surface area contributed by atoms with Crippen LogP contribution in [0.15, 0.2) is 5.51 Å². The normalized spacial score (nSPS) is 12.8. The van der Waals surface area contributed by atoms with Gasteiger partial charge in [-0.15, -0.1) is 11.3 Å². The zero-order valence-electron chi connectivity index (χ0n) is 12.3. The van der Waals surface area contributed by atoms with Gasteiger partial charge in [-0.25, -0.2) is 9.78 Å². The van der Waals surface area contributed by atoms with Crippen LogP contribution in [0.3, 0.4) is 0 Å². The van der Waals surface area contributed by atoms with Gasteiger partial charge in [0.1, 0.15) is 5.00 Å². The molecule has 5 nitrogen and oxygen atoms in total. The molecule has 0 aliphatic carbocycles. The van der Waals surface area contributed by atoms with E-state index >= 15 is 0 Å². The molecule has 0 aliphatic heterocycles. The quantitative estimate of drug-likeness (QED) is 0.779. The third-order valence-corrected chi connectivity index (χ3v) is 3.48. The molecule has 0 spiro atoms. The van der Waals surface area contributed by atoms with Crippen LogP contribution in [0.2, 0.25) is 0 Å². The Morgan fingerprint density at radius 2 is 2.21 bits per heavy atom. The van der Waals surface area contributed by atoms with Crippen LogP contribution in [-0.4, -0.2) is 49.1 Å². The summed E-state index contributed by atoms with van der Waals surface area (Å²) in [4.78, 5) is 18.0. The minimum Gasteiger partial charge on any atom is -0.461 e. The van der Waals surface area contributed by atoms with E-state index in [1.54, 1.807) is 12.4 Å². The molecule has 1 heterocycles. The molecule has 0 radical (unpaired) electrons. The maximum atomic E-state index is 11.8. The molecule has 19 heavy (non-hydrogen) atoms. The highest BCUT2D eigenvalue weighted by Gasteiger charge is 2.21. The molecule has 1 N–H and O–H groups in total. The Labute approximate surface area is 119 Å². The van der Waals surface area contributed by atoms with E-state index in [2.05, 4.69) is 29.0 Å². The summed E-state index contributed by atoms with van der Waals surface area (Å²) in [5.74, 6) is 0.0955. The van der Waals surface area contributed by atoms with Crippen LogP contribution in [0, 0.1) is 5.92 Å². The number of likely N-dealkylation sites (N-methyl/N-ethyl adjacent to an activating group) is 1. The summed E-state index contributed by atoms with van der Waals surface area (Å²) in [6.45, 7) is 7.37. The largest absolute Gasteiger partial charge is 0.461 e. The van der Waals surface area contributed by atoms with Crippen LogP contribution in [0.5, 0.6) is 0 Å². The summed E-state index contributed by atoms with van der Waals surface area (Å²) in [6, 6.07) is 0.267. The lowest BCUT2D eigenvalue weighted by Crippen LogP contribution is -2.36. The number of carbonyl (C=O) groups is 1. The topological polar surface area (TPSA) is 54.5 Å². The molecule has 0 fully saturated rings. The summed E-state index contributed by atoms with van der Waals surface area (Å²) in [7, 11) is 4.08. The third-order valence-electron chi connectivity index (χ3n) is 2.72. The first-order valence-electron chi connectivity index (χ1n) is 6.47. The van der Waals surface area contributed by atoms with Gasteiger partial charge in [-0.05, 0) is 26.9 Å². The van der Waals surface area contributed by atoms with Gasteiger partial charge in [0.2, 0.25) is 0 Å². The lowest BCUT2D eigenvalue weighted by atomic mass is 10.0. The number of nitrogens with zero attached hydrogens (tertiary/aromatic N) is 2. The van der Waals surface area contributed by atoms with Crippen LogP contribution >= 0.6 is 11.3 Å². The monoisotopic (exact) mass is 285 g/mol. The lowest BCUT2D eigenvalue weighted by molar-refractivity contribution is 0.0521. The van der Waals surface area contributed by atoms with Crippen LogP contribution in [0.4, 0.5) is 5.00 Å². The fraction of sp³-hybridized carbons (Fsp3) is 0.692. The number of ether oxygens (including phenoxy) is 1. The van der Waals surface area contributed by atoms with Crippen LogP contribution < -0.4 is 5.32 Å². The molecule has 1 aromatic rings. The zero-order valence-corrected chi connectivity index (χ0v) is 13.1. The van der Waals surface area contributed by atoms with Gasteiger partial charge in [-0.3, -0.25) is 0 Å². The van der Waals surface area contributed by atoms with Crippen molar-refractivity contribution in [3.63, 3.8) is 0 Å². The van der Waals surface area contributed by atoms with Crippen molar-refractivity contribution in [2.75, 3.05) is 32.6 Å². The predicted octanol–water partition coefficient (Wildman–Crippen LogP) is 2.32. The van der Waals surface area contributed by atoms with Gasteiger partial charge in [0.05, 0.1) is 12.1 Å². The molecule has 0 aromatic carbocycles. The van der Waals surface area contributed by atoms with Crippen molar-refractivity contribution in [1.29, 1.82) is 0 Å². The van der Waals surface area contributed by atoms with E-state index in [0.29, 0.717) is 18.2 Å². The van der Waals surface area contributed by atoms with Crippen molar-refractivity contribution in [3.05, 3.63) is 11.2 Å². The Bertz CT molecular complexity index is 404. The second-order valence-corrected chi connectivity index (χ2v) is 5.86. The van der Waals surface area contributed by atoms with Gasteiger partial charge in [-0.2, -0.15) is 0 Å². The van der Waals surface area contributed by atoms with Gasteiger partial charge in [0.25, 0.3) is 0 Å². The van der Waals surface area contributed by atoms with Crippen molar-refractivity contribution in [2.45, 2.75) is 26.8 Å². The van der Waals surface area contributed by atoms with Gasteiger partial charge in [0, 0.05) is 12.6 Å². The van der Waals surface area contributed by atoms with Crippen LogP contribution in [0.25, 0.3) is 0 Å². The summed E-state index contributed by atoms with van der Waals surface area (Å²) in [6.07, 6.45) is 0. The maximum absolute atomic E-state index is 11.8. The minimum absolute atomic E-state index is 0.267. The fourth-order valence-corrected chi connectivity index (χ4v) is 2.41. The van der Waals surface area contributed by atoms with Gasteiger partial charge in [0.15, 0.2) is 5.69 Å². The van der Waals surface area contributed by atoms with Gasteiger partial charge < -0.3 is 15.0 Å². The Balaban J connectivity index is 2.79. The number of thiazole rings is 1. The van der Waals surface area contributed by atoms with Gasteiger partial charge in [-0.1, -0.05) is 13.8 Å². The average Bonchev–Trinajstić information content (AvgIpc) is 2.76. The summed E-state index contributed by atoms with van der Waals surface area (Å²) >= 11 is 1.43. The molecule has 0 saturated heterocycles. The van der Waals surface area contributed by atoms with Crippen LogP contribution in [0.1, 0.15) is 31.3 Å². The summed E-state index contributed by atoms with van der Waals surface area (Å²) < 4.78 is 5.00. The molecular weight excluding hydrogens is 262 g/mol. The van der Waals surface area contributed by atoms with E-state index in [0.717, 1.165) is 11.5 Å². The molecule has 6 heteroatoms. The van der Waals surface area contributed by atoms with Crippen LogP contribution in [-0.2, 0) is 4.74 Å². The second-order valence-electron chi connectivity index (χ2n) is 5.01. The molecular formula is C13H23N3O2S. The SMILES string of the molecule is CCOC(=O)c1ncsc1NC(CN(C)C)C(C)C. The average molecular weight is 285 g/mol. The number of carbonyl (C=O) groups excluding carboxylic acids is 1. The number of nitrogens with one attached hydrogen (secondary N) is 1. The first-order valence-corrected chi connectivity index (χ1v) is 7.35. The highest BCUT2D eigenvalue weighted by Crippen LogP contribution is 2.23. The van der Waals surface area contributed by atoms with Crippen molar-refractivity contribution < 1.29 is 9.53 Å². The van der Waals surface area contributed by atoms with E-state index in [-0.39, 0.29) is 12.0 Å². The van der Waals surface area contributed by atoms with E-state index in [4.69, 9.17) is 4.74 Å². The van der Waals surface area contributed by atoms with Crippen molar-refractivity contribution >= 4 is 22.3 Å². The molecule has 0 saturated carbocycles. The molecule has 0 aliphatic rings. The number of hydrogen-bond acceptors (Lipinski definition) is 6. The predicted molar refractivity (Wildman–Crippen MR) is 78.9 cm³/mol. The number of hydrogen-bond donors (Lipinski definition) is 1. The Morgan fingerprint density at radius 3 is 2.74 bits per heavy atom. The van der Waals surface area contributed by atoms with E-state index in [9.17, 15) is 4.79 Å². The number of aromatic nitrogens is 1. The lowest BCUT2D eigenvalue weighted by Gasteiger charge is -2.26. The van der Waals surface area contributed by atoms with E-state index in [1.165, 1.54) is 11.3 Å². The molecule has 1 atom stereocenters. The fourth-order valence-electron chi connectivity index (χ4n) is 1.68. The first-order chi connectivity index (χ1) is 8.95. The van der Waals surface area contributed by atoms with Crippen molar-refractivity contribution in [2.24, 2.45) is 5.92 Å². The molecule has 1 aromatic heterocycles. The van der Waals surface area contributed by atoms with E-state index < -0.39 is 0 Å². The maximum Gasteiger partial charge on any atom is 0.360 e. The zero-order chi connectivity index (χ0) is 14.4. The second kappa shape index (κ2) is 7.45. The number of esters is 1. The minimum atomic E-state index is -0.362. The highest BCUT2D eigenvalue weighted by atomic mass is 32.1. The smallest absolute Gasteiger partial charge is 0.360 e. The van der Waals surface area contributed by atoms with Crippen molar-refractivity contribution in [3.8, 4) is 0 Å². The number of rotatable bonds is 7. The molecule has 1 unspecified atom stereocenters. The third kappa shape index (κ3) is 4.80. The summed E-state index contributed by atoms with van der Waals surface area (Å²) in [5, 5.41) is 4.20. The highest BCUT2D eigenvalue weighted by molar-refractivity contribution is 7.14. The molecule has 108 valence electrons. The number of anilines is 1. The Kier molecular flexibility index (Phi) is 6.24. The van der Waals surface area contributed by atoms with Crippen molar-refractivity contribution in [1.82, 2.24) is 9.88 Å².